The fourth-order valence-corrected chi connectivity index (χ4v) is 6.26. The maximum Gasteiger partial charge on any atom is 0.151 e. The highest BCUT2D eigenvalue weighted by atomic mass is 32.2. The summed E-state index contributed by atoms with van der Waals surface area (Å²) in [5.41, 5.74) is 2.14. The van der Waals surface area contributed by atoms with Crippen LogP contribution in [-0.2, 0) is 22.9 Å². The third-order valence-corrected chi connectivity index (χ3v) is 7.72. The Morgan fingerprint density at radius 1 is 1.15 bits per heavy atom. The molecule has 0 saturated carbocycles. The lowest BCUT2D eigenvalue weighted by Gasteiger charge is -2.27. The minimum absolute atomic E-state index is 0.0316. The predicted octanol–water partition coefficient (Wildman–Crippen LogP) is 3.49. The summed E-state index contributed by atoms with van der Waals surface area (Å²) in [4.78, 5) is 6.99. The molecular formula is C20H22N2O3S2. The summed E-state index contributed by atoms with van der Waals surface area (Å²) in [5.74, 6) is 1.32. The molecule has 0 unspecified atom stereocenters. The fourth-order valence-electron chi connectivity index (χ4n) is 3.50. The average molecular weight is 403 g/mol. The molecule has 1 aromatic heterocycles. The van der Waals surface area contributed by atoms with Gasteiger partial charge in [-0.2, -0.15) is 0 Å². The van der Waals surface area contributed by atoms with Crippen LogP contribution in [0.4, 0.5) is 0 Å². The lowest BCUT2D eigenvalue weighted by molar-refractivity contribution is 0.194. The molecule has 7 heteroatoms. The molecule has 0 aliphatic carbocycles. The van der Waals surface area contributed by atoms with Gasteiger partial charge in [0, 0.05) is 12.6 Å². The molecule has 27 heavy (non-hydrogen) atoms. The van der Waals surface area contributed by atoms with Crippen molar-refractivity contribution in [1.29, 1.82) is 0 Å². The van der Waals surface area contributed by atoms with Crippen LogP contribution in [0.25, 0.3) is 10.2 Å². The SMILES string of the molecule is COc1ccc(CN(Cc2nc3ccccc3s2)[C@H]2CCS(=O)(=O)C2)cc1. The molecule has 1 atom stereocenters. The van der Waals surface area contributed by atoms with Crippen LogP contribution < -0.4 is 4.74 Å². The molecule has 142 valence electrons. The van der Waals surface area contributed by atoms with Crippen molar-refractivity contribution in [2.75, 3.05) is 18.6 Å². The third-order valence-electron chi connectivity index (χ3n) is 4.95. The summed E-state index contributed by atoms with van der Waals surface area (Å²) in [6.45, 7) is 1.35. The van der Waals surface area contributed by atoms with Crippen molar-refractivity contribution in [1.82, 2.24) is 9.88 Å². The van der Waals surface area contributed by atoms with Gasteiger partial charge in [0.05, 0.1) is 35.4 Å². The molecule has 2 heterocycles. The van der Waals surface area contributed by atoms with Crippen LogP contribution >= 0.6 is 11.3 Å². The van der Waals surface area contributed by atoms with E-state index in [1.54, 1.807) is 18.4 Å². The number of para-hydroxylation sites is 1. The number of hydrogen-bond acceptors (Lipinski definition) is 6. The normalized spacial score (nSPS) is 19.0. The highest BCUT2D eigenvalue weighted by Gasteiger charge is 2.32. The number of aromatic nitrogens is 1. The predicted molar refractivity (Wildman–Crippen MR) is 109 cm³/mol. The van der Waals surface area contributed by atoms with E-state index in [1.807, 2.05) is 42.5 Å². The zero-order valence-electron chi connectivity index (χ0n) is 15.2. The van der Waals surface area contributed by atoms with Gasteiger partial charge in [0.2, 0.25) is 0 Å². The van der Waals surface area contributed by atoms with Gasteiger partial charge in [0.1, 0.15) is 10.8 Å². The van der Waals surface area contributed by atoms with Crippen LogP contribution in [0.5, 0.6) is 5.75 Å². The fraction of sp³-hybridized carbons (Fsp3) is 0.350. The van der Waals surface area contributed by atoms with Crippen molar-refractivity contribution in [3.63, 3.8) is 0 Å². The average Bonchev–Trinajstić information content (AvgIpc) is 3.24. The van der Waals surface area contributed by atoms with E-state index in [4.69, 9.17) is 9.72 Å². The van der Waals surface area contributed by atoms with E-state index in [9.17, 15) is 8.42 Å². The number of sulfone groups is 1. The Kier molecular flexibility index (Phi) is 5.16. The van der Waals surface area contributed by atoms with Crippen molar-refractivity contribution in [3.05, 3.63) is 59.1 Å². The molecule has 1 aliphatic rings. The van der Waals surface area contributed by atoms with Crippen LogP contribution in [0, 0.1) is 0 Å². The van der Waals surface area contributed by atoms with Crippen molar-refractivity contribution in [3.8, 4) is 5.75 Å². The summed E-state index contributed by atoms with van der Waals surface area (Å²) in [5, 5.41) is 1.02. The van der Waals surface area contributed by atoms with Gasteiger partial charge in [0.25, 0.3) is 0 Å². The van der Waals surface area contributed by atoms with Crippen molar-refractivity contribution >= 4 is 31.4 Å². The van der Waals surface area contributed by atoms with Crippen molar-refractivity contribution < 1.29 is 13.2 Å². The molecule has 0 amide bonds. The Morgan fingerprint density at radius 2 is 1.93 bits per heavy atom. The summed E-state index contributed by atoms with van der Waals surface area (Å²) in [6, 6.07) is 16.1. The van der Waals surface area contributed by atoms with Gasteiger partial charge in [-0.3, -0.25) is 4.90 Å². The Bertz CT molecular complexity index is 996. The molecule has 0 radical (unpaired) electrons. The number of methoxy groups -OCH3 is 1. The molecule has 4 rings (SSSR count). The van der Waals surface area contributed by atoms with Gasteiger partial charge in [-0.25, -0.2) is 13.4 Å². The van der Waals surface area contributed by atoms with Gasteiger partial charge < -0.3 is 4.74 Å². The molecule has 1 saturated heterocycles. The lowest BCUT2D eigenvalue weighted by Crippen LogP contribution is -2.35. The molecule has 0 N–H and O–H groups in total. The summed E-state index contributed by atoms with van der Waals surface area (Å²) >= 11 is 1.68. The Balaban J connectivity index is 1.58. The second-order valence-electron chi connectivity index (χ2n) is 6.89. The molecule has 1 aliphatic heterocycles. The van der Waals surface area contributed by atoms with Crippen LogP contribution in [-0.4, -0.2) is 43.0 Å². The number of benzene rings is 2. The molecule has 3 aromatic rings. The number of nitrogens with zero attached hydrogens (tertiary/aromatic N) is 2. The van der Waals surface area contributed by atoms with Crippen LogP contribution in [0.2, 0.25) is 0 Å². The molecule has 0 spiro atoms. The highest BCUT2D eigenvalue weighted by Crippen LogP contribution is 2.27. The minimum atomic E-state index is -2.94. The quantitative estimate of drug-likeness (QED) is 0.632. The first-order valence-electron chi connectivity index (χ1n) is 8.94. The third kappa shape index (κ3) is 4.31. The van der Waals surface area contributed by atoms with Gasteiger partial charge >= 0.3 is 0 Å². The second kappa shape index (κ2) is 7.58. The van der Waals surface area contributed by atoms with Crippen molar-refractivity contribution in [2.45, 2.75) is 25.6 Å². The number of ether oxygens (including phenoxy) is 1. The first-order chi connectivity index (χ1) is 13.0. The summed E-state index contributed by atoms with van der Waals surface area (Å²) < 4.78 is 30.4. The van der Waals surface area contributed by atoms with Crippen LogP contribution in [0.1, 0.15) is 17.0 Å². The molecular weight excluding hydrogens is 380 g/mol. The maximum absolute atomic E-state index is 12.0. The van der Waals surface area contributed by atoms with E-state index < -0.39 is 9.84 Å². The monoisotopic (exact) mass is 402 g/mol. The second-order valence-corrected chi connectivity index (χ2v) is 10.2. The maximum atomic E-state index is 12.0. The zero-order chi connectivity index (χ0) is 18.9. The first-order valence-corrected chi connectivity index (χ1v) is 11.6. The topological polar surface area (TPSA) is 59.5 Å². The molecule has 2 aromatic carbocycles. The minimum Gasteiger partial charge on any atom is -0.497 e. The number of rotatable bonds is 6. The molecule has 1 fully saturated rings. The van der Waals surface area contributed by atoms with E-state index >= 15 is 0 Å². The standard InChI is InChI=1S/C20H22N2O3S2/c1-25-17-8-6-15(7-9-17)12-22(16-10-11-27(23,24)14-16)13-20-21-18-4-2-3-5-19(18)26-20/h2-9,16H,10-14H2,1H3/t16-/m0/s1. The highest BCUT2D eigenvalue weighted by molar-refractivity contribution is 7.91. The Morgan fingerprint density at radius 3 is 2.59 bits per heavy atom. The number of thiazole rings is 1. The van der Waals surface area contributed by atoms with Gasteiger partial charge in [0.15, 0.2) is 9.84 Å². The summed E-state index contributed by atoms with van der Waals surface area (Å²) in [7, 11) is -1.29. The van der Waals surface area contributed by atoms with E-state index in [0.717, 1.165) is 26.5 Å². The largest absolute Gasteiger partial charge is 0.497 e. The number of fused-ring (bicyclic) bond motifs is 1. The Labute approximate surface area is 163 Å². The lowest BCUT2D eigenvalue weighted by atomic mass is 10.1. The Hall–Kier alpha value is -1.96. The number of hydrogen-bond donors (Lipinski definition) is 0. The zero-order valence-corrected chi connectivity index (χ0v) is 16.8. The van der Waals surface area contributed by atoms with Crippen molar-refractivity contribution in [2.24, 2.45) is 0 Å². The van der Waals surface area contributed by atoms with E-state index in [0.29, 0.717) is 19.5 Å². The summed E-state index contributed by atoms with van der Waals surface area (Å²) in [6.07, 6.45) is 0.684. The van der Waals surface area contributed by atoms with Crippen LogP contribution in [0.15, 0.2) is 48.5 Å². The smallest absolute Gasteiger partial charge is 0.151 e. The molecule has 5 nitrogen and oxygen atoms in total. The van der Waals surface area contributed by atoms with Gasteiger partial charge in [-0.15, -0.1) is 11.3 Å². The van der Waals surface area contributed by atoms with Crippen LogP contribution in [0.3, 0.4) is 0 Å². The molecule has 0 bridgehead atoms. The van der Waals surface area contributed by atoms with E-state index in [1.165, 1.54) is 0 Å². The van der Waals surface area contributed by atoms with Gasteiger partial charge in [-0.1, -0.05) is 24.3 Å². The van der Waals surface area contributed by atoms with E-state index in [2.05, 4.69) is 11.0 Å². The van der Waals surface area contributed by atoms with Gasteiger partial charge in [-0.05, 0) is 36.2 Å². The van der Waals surface area contributed by atoms with E-state index in [-0.39, 0.29) is 17.5 Å². The first kappa shape index (κ1) is 18.4.